The molecule has 4 nitrogen and oxygen atoms in total. The van der Waals surface area contributed by atoms with Crippen molar-refractivity contribution in [3.8, 4) is 5.75 Å². The smallest absolute Gasteiger partial charge is 0.253 e. The van der Waals surface area contributed by atoms with Gasteiger partial charge < -0.3 is 15.4 Å². The van der Waals surface area contributed by atoms with E-state index in [1.54, 1.807) is 30.1 Å². The molecule has 4 heteroatoms. The fraction of sp³-hybridized carbons (Fsp3) is 0.462. The molecule has 94 valence electrons. The lowest BCUT2D eigenvalue weighted by Gasteiger charge is -2.17. The second-order valence-electron chi connectivity index (χ2n) is 3.95. The summed E-state index contributed by atoms with van der Waals surface area (Å²) in [6.07, 6.45) is 0.933. The molecule has 17 heavy (non-hydrogen) atoms. The third kappa shape index (κ3) is 3.66. The second-order valence-corrected chi connectivity index (χ2v) is 3.95. The van der Waals surface area contributed by atoms with E-state index in [9.17, 15) is 4.79 Å². The number of rotatable bonds is 5. The van der Waals surface area contributed by atoms with Gasteiger partial charge in [-0.3, -0.25) is 4.79 Å². The highest BCUT2D eigenvalue weighted by atomic mass is 16.5. The first kappa shape index (κ1) is 13.4. The third-order valence-corrected chi connectivity index (χ3v) is 2.39. The van der Waals surface area contributed by atoms with E-state index < -0.39 is 0 Å². The van der Waals surface area contributed by atoms with Gasteiger partial charge in [-0.05, 0) is 25.5 Å². The summed E-state index contributed by atoms with van der Waals surface area (Å²) in [5.74, 6) is 0.612. The van der Waals surface area contributed by atoms with Gasteiger partial charge in [0.15, 0.2) is 0 Å². The molecular weight excluding hydrogens is 216 g/mol. The largest absolute Gasteiger partial charge is 0.494 e. The van der Waals surface area contributed by atoms with Crippen LogP contribution in [0.4, 0.5) is 5.69 Å². The summed E-state index contributed by atoms with van der Waals surface area (Å²) < 4.78 is 5.37. The summed E-state index contributed by atoms with van der Waals surface area (Å²) in [5.41, 5.74) is 6.87. The Balaban J connectivity index is 2.92. The van der Waals surface area contributed by atoms with E-state index in [-0.39, 0.29) is 5.91 Å². The van der Waals surface area contributed by atoms with Crippen molar-refractivity contribution in [2.75, 3.05) is 25.9 Å². The normalized spacial score (nSPS) is 10.1. The number of amides is 1. The minimum atomic E-state index is -0.0277. The summed E-state index contributed by atoms with van der Waals surface area (Å²) in [6, 6.07) is 5.13. The Kier molecular flexibility index (Phi) is 4.82. The maximum atomic E-state index is 12.1. The van der Waals surface area contributed by atoms with Gasteiger partial charge in [-0.25, -0.2) is 0 Å². The van der Waals surface area contributed by atoms with Crippen LogP contribution in [0.15, 0.2) is 18.2 Å². The van der Waals surface area contributed by atoms with Crippen molar-refractivity contribution in [3.05, 3.63) is 23.8 Å². The Morgan fingerprint density at radius 2 is 2.06 bits per heavy atom. The molecule has 0 saturated heterocycles. The van der Waals surface area contributed by atoms with Crippen LogP contribution in [0.1, 0.15) is 30.6 Å². The van der Waals surface area contributed by atoms with E-state index in [2.05, 4.69) is 0 Å². The Morgan fingerprint density at radius 1 is 1.35 bits per heavy atom. The molecule has 0 fully saturated rings. The first-order valence-corrected chi connectivity index (χ1v) is 5.87. The van der Waals surface area contributed by atoms with Crippen molar-refractivity contribution in [1.29, 1.82) is 0 Å². The minimum Gasteiger partial charge on any atom is -0.494 e. The zero-order chi connectivity index (χ0) is 12.8. The quantitative estimate of drug-likeness (QED) is 0.797. The molecule has 0 spiro atoms. The van der Waals surface area contributed by atoms with Crippen LogP contribution in [0, 0.1) is 0 Å². The molecule has 0 aliphatic rings. The van der Waals surface area contributed by atoms with Crippen molar-refractivity contribution in [2.45, 2.75) is 20.3 Å². The zero-order valence-electron chi connectivity index (χ0n) is 10.7. The van der Waals surface area contributed by atoms with Gasteiger partial charge in [0.25, 0.3) is 5.91 Å². The molecule has 1 aromatic carbocycles. The number of nitrogen functional groups attached to an aromatic ring is 1. The number of anilines is 1. The molecule has 1 aromatic rings. The molecular formula is C13H20N2O2. The van der Waals surface area contributed by atoms with Crippen molar-refractivity contribution in [1.82, 2.24) is 4.90 Å². The number of nitrogens with two attached hydrogens (primary N) is 1. The number of ether oxygens (including phenoxy) is 1. The zero-order valence-corrected chi connectivity index (χ0v) is 10.7. The van der Waals surface area contributed by atoms with Crippen molar-refractivity contribution in [3.63, 3.8) is 0 Å². The SMILES string of the molecule is CCCN(C)C(=O)c1cc(N)cc(OCC)c1. The lowest BCUT2D eigenvalue weighted by Crippen LogP contribution is -2.27. The van der Waals surface area contributed by atoms with Crippen molar-refractivity contribution < 1.29 is 9.53 Å². The first-order valence-electron chi connectivity index (χ1n) is 5.87. The van der Waals surface area contributed by atoms with Gasteiger partial charge in [0.05, 0.1) is 6.61 Å². The lowest BCUT2D eigenvalue weighted by atomic mass is 10.1. The predicted molar refractivity (Wildman–Crippen MR) is 69.3 cm³/mol. The Bertz CT molecular complexity index is 391. The number of nitrogens with zero attached hydrogens (tertiary/aromatic N) is 1. The molecule has 0 saturated carbocycles. The minimum absolute atomic E-state index is 0.0277. The van der Waals surface area contributed by atoms with Crippen LogP contribution in [0.25, 0.3) is 0 Å². The van der Waals surface area contributed by atoms with Gasteiger partial charge >= 0.3 is 0 Å². The van der Waals surface area contributed by atoms with Crippen molar-refractivity contribution in [2.24, 2.45) is 0 Å². The average molecular weight is 236 g/mol. The molecule has 2 N–H and O–H groups in total. The van der Waals surface area contributed by atoms with Crippen LogP contribution in [-0.4, -0.2) is 31.0 Å². The summed E-state index contributed by atoms with van der Waals surface area (Å²) in [7, 11) is 1.79. The van der Waals surface area contributed by atoms with Gasteiger partial charge in [0, 0.05) is 30.9 Å². The molecule has 0 bridgehead atoms. The fourth-order valence-corrected chi connectivity index (χ4v) is 1.65. The fourth-order valence-electron chi connectivity index (χ4n) is 1.65. The molecule has 0 unspecified atom stereocenters. The van der Waals surface area contributed by atoms with E-state index >= 15 is 0 Å². The summed E-state index contributed by atoms with van der Waals surface area (Å²) >= 11 is 0. The van der Waals surface area contributed by atoms with Crippen LogP contribution >= 0.6 is 0 Å². The maximum absolute atomic E-state index is 12.1. The second kappa shape index (κ2) is 6.13. The molecule has 0 heterocycles. The third-order valence-electron chi connectivity index (χ3n) is 2.39. The van der Waals surface area contributed by atoms with Gasteiger partial charge in [0.1, 0.15) is 5.75 Å². The van der Waals surface area contributed by atoms with Crippen molar-refractivity contribution >= 4 is 11.6 Å². The van der Waals surface area contributed by atoms with Gasteiger partial charge in [0.2, 0.25) is 0 Å². The van der Waals surface area contributed by atoms with Crippen LogP contribution in [0.2, 0.25) is 0 Å². The van der Waals surface area contributed by atoms with Crippen LogP contribution in [-0.2, 0) is 0 Å². The number of benzene rings is 1. The van der Waals surface area contributed by atoms with Crippen LogP contribution in [0.5, 0.6) is 5.75 Å². The number of carbonyl (C=O) groups excluding carboxylic acids is 1. The Morgan fingerprint density at radius 3 is 2.65 bits per heavy atom. The Labute approximate surface area is 102 Å². The van der Waals surface area contributed by atoms with Gasteiger partial charge in [-0.1, -0.05) is 6.92 Å². The monoisotopic (exact) mass is 236 g/mol. The maximum Gasteiger partial charge on any atom is 0.253 e. The average Bonchev–Trinajstić information content (AvgIpc) is 2.28. The first-order chi connectivity index (χ1) is 8.08. The molecule has 0 aliphatic carbocycles. The van der Waals surface area contributed by atoms with E-state index in [0.29, 0.717) is 23.6 Å². The molecule has 0 aromatic heterocycles. The van der Waals surface area contributed by atoms with E-state index in [4.69, 9.17) is 10.5 Å². The molecule has 0 atom stereocenters. The van der Waals surface area contributed by atoms with E-state index in [1.165, 1.54) is 0 Å². The van der Waals surface area contributed by atoms with Gasteiger partial charge in [-0.2, -0.15) is 0 Å². The van der Waals surface area contributed by atoms with Crippen LogP contribution in [0.3, 0.4) is 0 Å². The Hall–Kier alpha value is -1.71. The molecule has 0 aliphatic heterocycles. The van der Waals surface area contributed by atoms with E-state index in [0.717, 1.165) is 13.0 Å². The summed E-state index contributed by atoms with van der Waals surface area (Å²) in [4.78, 5) is 13.7. The topological polar surface area (TPSA) is 55.6 Å². The molecule has 0 radical (unpaired) electrons. The standard InChI is InChI=1S/C13H20N2O2/c1-4-6-15(3)13(16)10-7-11(14)9-12(8-10)17-5-2/h7-9H,4-6,14H2,1-3H3. The summed E-state index contributed by atoms with van der Waals surface area (Å²) in [6.45, 7) is 5.22. The van der Waals surface area contributed by atoms with Gasteiger partial charge in [-0.15, -0.1) is 0 Å². The highest BCUT2D eigenvalue weighted by Crippen LogP contribution is 2.20. The van der Waals surface area contributed by atoms with Crippen LogP contribution < -0.4 is 10.5 Å². The predicted octanol–water partition coefficient (Wildman–Crippen LogP) is 2.15. The lowest BCUT2D eigenvalue weighted by molar-refractivity contribution is 0.0794. The number of carbonyl (C=O) groups is 1. The highest BCUT2D eigenvalue weighted by Gasteiger charge is 2.12. The molecule has 1 rings (SSSR count). The number of hydrogen-bond donors (Lipinski definition) is 1. The summed E-state index contributed by atoms with van der Waals surface area (Å²) in [5, 5.41) is 0. The van der Waals surface area contributed by atoms with E-state index in [1.807, 2.05) is 13.8 Å². The highest BCUT2D eigenvalue weighted by molar-refractivity contribution is 5.95. The molecule has 1 amide bonds. The number of hydrogen-bond acceptors (Lipinski definition) is 3.